The molecule has 1 heterocycles. The lowest BCUT2D eigenvalue weighted by Crippen LogP contribution is -2.23. The SMILES string of the molecule is CC(CNc1ncncc1Cl)Oc1ccccc1. The first-order valence-corrected chi connectivity index (χ1v) is 6.04. The molecule has 0 fully saturated rings. The number of aromatic nitrogens is 2. The Morgan fingerprint density at radius 3 is 2.83 bits per heavy atom. The van der Waals surface area contributed by atoms with Crippen molar-refractivity contribution in [3.05, 3.63) is 47.9 Å². The Balaban J connectivity index is 1.86. The predicted molar refractivity (Wildman–Crippen MR) is 72.1 cm³/mol. The van der Waals surface area contributed by atoms with Crippen LogP contribution in [-0.4, -0.2) is 22.6 Å². The van der Waals surface area contributed by atoms with Crippen molar-refractivity contribution in [1.82, 2.24) is 9.97 Å². The molecule has 1 atom stereocenters. The summed E-state index contributed by atoms with van der Waals surface area (Å²) >= 11 is 5.94. The van der Waals surface area contributed by atoms with Crippen molar-refractivity contribution in [3.8, 4) is 5.75 Å². The van der Waals surface area contributed by atoms with Crippen LogP contribution in [0, 0.1) is 0 Å². The lowest BCUT2D eigenvalue weighted by molar-refractivity contribution is 0.234. The largest absolute Gasteiger partial charge is 0.489 e. The van der Waals surface area contributed by atoms with E-state index in [0.717, 1.165) is 5.75 Å². The molecule has 5 heteroatoms. The summed E-state index contributed by atoms with van der Waals surface area (Å²) in [6.07, 6.45) is 3.02. The molecule has 1 N–H and O–H groups in total. The summed E-state index contributed by atoms with van der Waals surface area (Å²) in [6.45, 7) is 2.60. The van der Waals surface area contributed by atoms with E-state index in [1.807, 2.05) is 37.3 Å². The Kier molecular flexibility index (Phi) is 4.36. The van der Waals surface area contributed by atoms with E-state index in [1.165, 1.54) is 6.33 Å². The molecule has 1 unspecified atom stereocenters. The van der Waals surface area contributed by atoms with E-state index in [0.29, 0.717) is 17.4 Å². The molecule has 0 aliphatic carbocycles. The summed E-state index contributed by atoms with van der Waals surface area (Å²) in [6, 6.07) is 9.69. The third-order valence-corrected chi connectivity index (χ3v) is 2.58. The highest BCUT2D eigenvalue weighted by Crippen LogP contribution is 2.16. The molecule has 0 aliphatic rings. The summed E-state index contributed by atoms with van der Waals surface area (Å²) in [4.78, 5) is 7.87. The van der Waals surface area contributed by atoms with Gasteiger partial charge in [0, 0.05) is 0 Å². The maximum Gasteiger partial charge on any atom is 0.148 e. The normalized spacial score (nSPS) is 11.9. The summed E-state index contributed by atoms with van der Waals surface area (Å²) in [7, 11) is 0. The third kappa shape index (κ3) is 3.60. The van der Waals surface area contributed by atoms with Crippen molar-refractivity contribution in [3.63, 3.8) is 0 Å². The van der Waals surface area contributed by atoms with Crippen molar-refractivity contribution in [2.24, 2.45) is 0 Å². The number of nitrogens with one attached hydrogen (secondary N) is 1. The lowest BCUT2D eigenvalue weighted by atomic mass is 10.3. The van der Waals surface area contributed by atoms with E-state index >= 15 is 0 Å². The zero-order valence-electron chi connectivity index (χ0n) is 10.0. The van der Waals surface area contributed by atoms with Gasteiger partial charge >= 0.3 is 0 Å². The average Bonchev–Trinajstić information content (AvgIpc) is 2.39. The van der Waals surface area contributed by atoms with Crippen LogP contribution in [0.3, 0.4) is 0 Å². The minimum absolute atomic E-state index is 0.0124. The van der Waals surface area contributed by atoms with Gasteiger partial charge in [-0.15, -0.1) is 0 Å². The van der Waals surface area contributed by atoms with Gasteiger partial charge in [-0.05, 0) is 19.1 Å². The van der Waals surface area contributed by atoms with Gasteiger partial charge in [-0.3, -0.25) is 0 Å². The molecular formula is C13H14ClN3O. The smallest absolute Gasteiger partial charge is 0.148 e. The van der Waals surface area contributed by atoms with Gasteiger partial charge in [0.05, 0.1) is 12.7 Å². The molecule has 0 spiro atoms. The number of rotatable bonds is 5. The van der Waals surface area contributed by atoms with E-state index in [9.17, 15) is 0 Å². The second-order valence-electron chi connectivity index (χ2n) is 3.84. The zero-order chi connectivity index (χ0) is 12.8. The Morgan fingerprint density at radius 2 is 2.11 bits per heavy atom. The molecule has 0 aliphatic heterocycles. The number of nitrogens with zero attached hydrogens (tertiary/aromatic N) is 2. The van der Waals surface area contributed by atoms with Crippen LogP contribution >= 0.6 is 11.6 Å². The molecular weight excluding hydrogens is 250 g/mol. The van der Waals surface area contributed by atoms with Gasteiger partial charge in [-0.1, -0.05) is 29.8 Å². The van der Waals surface area contributed by atoms with Gasteiger partial charge < -0.3 is 10.1 Å². The highest BCUT2D eigenvalue weighted by molar-refractivity contribution is 6.32. The minimum atomic E-state index is 0.0124. The molecule has 2 aromatic rings. The zero-order valence-corrected chi connectivity index (χ0v) is 10.8. The van der Waals surface area contributed by atoms with Crippen molar-refractivity contribution < 1.29 is 4.74 Å². The van der Waals surface area contributed by atoms with E-state index in [2.05, 4.69) is 15.3 Å². The fraction of sp³-hybridized carbons (Fsp3) is 0.231. The quantitative estimate of drug-likeness (QED) is 0.901. The van der Waals surface area contributed by atoms with Gasteiger partial charge in [-0.2, -0.15) is 0 Å². The summed E-state index contributed by atoms with van der Waals surface area (Å²) in [5.41, 5.74) is 0. The second kappa shape index (κ2) is 6.21. The molecule has 18 heavy (non-hydrogen) atoms. The topological polar surface area (TPSA) is 47.0 Å². The second-order valence-corrected chi connectivity index (χ2v) is 4.25. The van der Waals surface area contributed by atoms with Gasteiger partial charge in [-0.25, -0.2) is 9.97 Å². The number of ether oxygens (including phenoxy) is 1. The molecule has 0 amide bonds. The molecule has 1 aromatic carbocycles. The molecule has 1 aromatic heterocycles. The molecule has 0 saturated heterocycles. The van der Waals surface area contributed by atoms with Gasteiger partial charge in [0.1, 0.15) is 29.0 Å². The van der Waals surface area contributed by atoms with Crippen LogP contribution < -0.4 is 10.1 Å². The number of para-hydroxylation sites is 1. The first-order chi connectivity index (χ1) is 8.75. The summed E-state index contributed by atoms with van der Waals surface area (Å²) < 4.78 is 5.73. The highest BCUT2D eigenvalue weighted by Gasteiger charge is 2.06. The van der Waals surface area contributed by atoms with Crippen LogP contribution in [-0.2, 0) is 0 Å². The summed E-state index contributed by atoms with van der Waals surface area (Å²) in [5.74, 6) is 1.47. The Hall–Kier alpha value is -1.81. The number of halogens is 1. The Labute approximate surface area is 111 Å². The minimum Gasteiger partial charge on any atom is -0.489 e. The monoisotopic (exact) mass is 263 g/mol. The van der Waals surface area contributed by atoms with Crippen LogP contribution in [0.1, 0.15) is 6.92 Å². The van der Waals surface area contributed by atoms with Crippen LogP contribution in [0.25, 0.3) is 0 Å². The van der Waals surface area contributed by atoms with E-state index < -0.39 is 0 Å². The lowest BCUT2D eigenvalue weighted by Gasteiger charge is -2.15. The van der Waals surface area contributed by atoms with Crippen LogP contribution in [0.4, 0.5) is 5.82 Å². The fourth-order valence-electron chi connectivity index (χ4n) is 1.46. The predicted octanol–water partition coefficient (Wildman–Crippen LogP) is 3.01. The molecule has 0 bridgehead atoms. The van der Waals surface area contributed by atoms with Gasteiger partial charge in [0.2, 0.25) is 0 Å². The Bertz CT molecular complexity index is 493. The average molecular weight is 264 g/mol. The van der Waals surface area contributed by atoms with Crippen LogP contribution in [0.5, 0.6) is 5.75 Å². The molecule has 2 rings (SSSR count). The van der Waals surface area contributed by atoms with Gasteiger partial charge in [0.25, 0.3) is 0 Å². The number of hydrogen-bond acceptors (Lipinski definition) is 4. The molecule has 94 valence electrons. The van der Waals surface area contributed by atoms with Crippen LogP contribution in [0.15, 0.2) is 42.9 Å². The number of hydrogen-bond donors (Lipinski definition) is 1. The van der Waals surface area contributed by atoms with Crippen molar-refractivity contribution >= 4 is 17.4 Å². The van der Waals surface area contributed by atoms with E-state index in [4.69, 9.17) is 16.3 Å². The number of benzene rings is 1. The highest BCUT2D eigenvalue weighted by atomic mass is 35.5. The maximum atomic E-state index is 5.94. The van der Waals surface area contributed by atoms with Gasteiger partial charge in [0.15, 0.2) is 0 Å². The maximum absolute atomic E-state index is 5.94. The Morgan fingerprint density at radius 1 is 1.33 bits per heavy atom. The molecule has 4 nitrogen and oxygen atoms in total. The van der Waals surface area contributed by atoms with E-state index in [-0.39, 0.29) is 6.10 Å². The third-order valence-electron chi connectivity index (χ3n) is 2.31. The fourth-order valence-corrected chi connectivity index (χ4v) is 1.63. The first-order valence-electron chi connectivity index (χ1n) is 5.67. The van der Waals surface area contributed by atoms with Crippen LogP contribution in [0.2, 0.25) is 5.02 Å². The van der Waals surface area contributed by atoms with Crippen molar-refractivity contribution in [2.45, 2.75) is 13.0 Å². The summed E-state index contributed by atoms with van der Waals surface area (Å²) in [5, 5.41) is 3.63. The number of anilines is 1. The standard InChI is InChI=1S/C13H14ClN3O/c1-10(18-11-5-3-2-4-6-11)7-16-13-12(14)8-15-9-17-13/h2-6,8-10H,7H2,1H3,(H,15,16,17). The first kappa shape index (κ1) is 12.6. The molecule has 0 radical (unpaired) electrons. The van der Waals surface area contributed by atoms with E-state index in [1.54, 1.807) is 6.20 Å². The van der Waals surface area contributed by atoms with Crippen molar-refractivity contribution in [2.75, 3.05) is 11.9 Å². The van der Waals surface area contributed by atoms with Crippen molar-refractivity contribution in [1.29, 1.82) is 0 Å². The molecule has 0 saturated carbocycles.